The molecule has 0 radical (unpaired) electrons. The second-order valence-electron chi connectivity index (χ2n) is 9.83. The first-order valence-corrected chi connectivity index (χ1v) is 12.9. The number of benzene rings is 3. The molecule has 1 aromatic heterocycles. The van der Waals surface area contributed by atoms with Gasteiger partial charge in [0.25, 0.3) is 11.8 Å². The average molecular weight is 492 g/mol. The van der Waals surface area contributed by atoms with Crippen molar-refractivity contribution in [2.75, 3.05) is 26.2 Å². The number of ether oxygens (including phenoxy) is 1. The topological polar surface area (TPSA) is 71.5 Å². The Labute approximate surface area is 216 Å². The Morgan fingerprint density at radius 1 is 0.973 bits per heavy atom. The lowest BCUT2D eigenvalue weighted by Gasteiger charge is -2.24. The van der Waals surface area contributed by atoms with Crippen molar-refractivity contribution in [2.24, 2.45) is 0 Å². The van der Waals surface area contributed by atoms with E-state index in [2.05, 4.69) is 34.6 Å². The highest BCUT2D eigenvalue weighted by Crippen LogP contribution is 2.41. The van der Waals surface area contributed by atoms with Crippen molar-refractivity contribution in [3.8, 4) is 5.75 Å². The number of rotatable bonds is 2. The minimum Gasteiger partial charge on any atom is -0.491 e. The van der Waals surface area contributed by atoms with E-state index in [1.54, 1.807) is 11.1 Å². The number of carbonyl (C=O) groups excluding carboxylic acids is 2. The summed E-state index contributed by atoms with van der Waals surface area (Å²) in [6.07, 6.45) is 4.89. The molecule has 0 unspecified atom stereocenters. The smallest absolute Gasteiger partial charge is 0.254 e. The van der Waals surface area contributed by atoms with Crippen LogP contribution in [-0.2, 0) is 6.42 Å². The molecule has 0 spiro atoms. The lowest BCUT2D eigenvalue weighted by Crippen LogP contribution is -2.40. The molecule has 3 aromatic carbocycles. The van der Waals surface area contributed by atoms with Crippen LogP contribution in [0.15, 0.2) is 79.0 Å². The summed E-state index contributed by atoms with van der Waals surface area (Å²) in [5, 5.41) is 3.90. The highest BCUT2D eigenvalue weighted by Gasteiger charge is 2.25. The van der Waals surface area contributed by atoms with Crippen LogP contribution in [0.5, 0.6) is 5.75 Å². The molecule has 2 aliphatic rings. The van der Waals surface area contributed by atoms with Crippen molar-refractivity contribution in [3.63, 3.8) is 0 Å². The molecular weight excluding hydrogens is 462 g/mol. The molecule has 0 atom stereocenters. The van der Waals surface area contributed by atoms with E-state index in [4.69, 9.17) is 4.74 Å². The van der Waals surface area contributed by atoms with E-state index in [0.29, 0.717) is 49.7 Å². The van der Waals surface area contributed by atoms with Gasteiger partial charge in [-0.2, -0.15) is 0 Å². The van der Waals surface area contributed by atoms with Crippen LogP contribution in [0.4, 0.5) is 0 Å². The number of fused-ring (bicyclic) bond motifs is 4. The van der Waals surface area contributed by atoms with Crippen molar-refractivity contribution in [3.05, 3.63) is 107 Å². The minimum absolute atomic E-state index is 0.0954. The van der Waals surface area contributed by atoms with Crippen LogP contribution in [0.25, 0.3) is 10.9 Å². The maximum Gasteiger partial charge on any atom is 0.254 e. The van der Waals surface area contributed by atoms with E-state index in [1.807, 2.05) is 48.5 Å². The summed E-state index contributed by atoms with van der Waals surface area (Å²) in [6, 6.07) is 23.6. The van der Waals surface area contributed by atoms with Crippen LogP contribution in [0.3, 0.4) is 0 Å². The molecule has 0 saturated heterocycles. The summed E-state index contributed by atoms with van der Waals surface area (Å²) in [7, 11) is 0. The minimum atomic E-state index is -0.133. The quantitative estimate of drug-likeness (QED) is 0.430. The van der Waals surface area contributed by atoms with Gasteiger partial charge in [0.1, 0.15) is 12.4 Å². The highest BCUT2D eigenvalue weighted by molar-refractivity contribution is 5.98. The molecule has 6 nitrogen and oxygen atoms in total. The summed E-state index contributed by atoms with van der Waals surface area (Å²) in [6.45, 7) is 1.51. The number of nitrogens with zero attached hydrogens (tertiary/aromatic N) is 2. The Morgan fingerprint density at radius 2 is 1.89 bits per heavy atom. The van der Waals surface area contributed by atoms with Crippen LogP contribution >= 0.6 is 0 Å². The lowest BCUT2D eigenvalue weighted by atomic mass is 9.98. The Hall–Kier alpha value is -4.19. The summed E-state index contributed by atoms with van der Waals surface area (Å²) >= 11 is 0. The summed E-state index contributed by atoms with van der Waals surface area (Å²) in [5.41, 5.74) is 5.59. The average Bonchev–Trinajstić information content (AvgIpc) is 3.78. The first-order valence-electron chi connectivity index (χ1n) is 12.9. The van der Waals surface area contributed by atoms with Crippen LogP contribution in [0.2, 0.25) is 0 Å². The molecule has 1 saturated carbocycles. The second-order valence-corrected chi connectivity index (χ2v) is 9.83. The number of carbonyl (C=O) groups is 2. The van der Waals surface area contributed by atoms with Gasteiger partial charge in [-0.05, 0) is 77.9 Å². The third-order valence-electron chi connectivity index (χ3n) is 7.14. The van der Waals surface area contributed by atoms with Crippen molar-refractivity contribution in [1.82, 2.24) is 15.2 Å². The van der Waals surface area contributed by atoms with Gasteiger partial charge >= 0.3 is 0 Å². The van der Waals surface area contributed by atoms with E-state index >= 15 is 0 Å². The van der Waals surface area contributed by atoms with Crippen molar-refractivity contribution in [1.29, 1.82) is 0 Å². The second kappa shape index (κ2) is 10.1. The zero-order valence-corrected chi connectivity index (χ0v) is 20.7. The molecule has 2 heterocycles. The van der Waals surface area contributed by atoms with Crippen molar-refractivity contribution >= 4 is 22.7 Å². The molecule has 2 bridgehead atoms. The molecule has 6 rings (SSSR count). The monoisotopic (exact) mass is 491 g/mol. The Bertz CT molecular complexity index is 1480. The normalized spacial score (nSPS) is 16.3. The molecule has 37 heavy (non-hydrogen) atoms. The standard InChI is InChI=1S/C31H29N3O3/c35-30-25-4-1-3-21(17-25)18-27-19-23(22-6-7-22)9-11-29(27)37-16-15-34(14-13-33-30)31(36)26-8-10-28-24(20-26)5-2-12-32-28/h1-5,8-12,17,19-20,22H,6-7,13-16,18H2,(H,33,35). The summed E-state index contributed by atoms with van der Waals surface area (Å²) < 4.78 is 6.28. The highest BCUT2D eigenvalue weighted by atomic mass is 16.5. The number of hydrogen-bond acceptors (Lipinski definition) is 4. The molecule has 2 amide bonds. The summed E-state index contributed by atoms with van der Waals surface area (Å²) in [5.74, 6) is 1.24. The number of pyridine rings is 1. The van der Waals surface area contributed by atoms with E-state index in [-0.39, 0.29) is 11.8 Å². The SMILES string of the molecule is O=C1NCCN(C(=O)c2ccc3ncccc3c2)CCOc2ccc(C3CC3)cc2Cc2cccc1c2. The maximum absolute atomic E-state index is 13.5. The molecule has 1 aliphatic carbocycles. The van der Waals surface area contributed by atoms with E-state index in [0.717, 1.165) is 27.8 Å². The Morgan fingerprint density at radius 3 is 2.78 bits per heavy atom. The fourth-order valence-electron chi connectivity index (χ4n) is 4.97. The van der Waals surface area contributed by atoms with E-state index in [9.17, 15) is 9.59 Å². The van der Waals surface area contributed by atoms with Crippen LogP contribution in [0, 0.1) is 0 Å². The number of aromatic nitrogens is 1. The fraction of sp³-hybridized carbons (Fsp3) is 0.258. The van der Waals surface area contributed by atoms with Gasteiger partial charge in [0.2, 0.25) is 0 Å². The molecule has 4 aromatic rings. The van der Waals surface area contributed by atoms with Gasteiger partial charge < -0.3 is 15.0 Å². The van der Waals surface area contributed by atoms with E-state index in [1.165, 1.54) is 18.4 Å². The molecule has 6 heteroatoms. The van der Waals surface area contributed by atoms with Crippen LogP contribution in [0.1, 0.15) is 56.2 Å². The number of amides is 2. The third kappa shape index (κ3) is 5.19. The zero-order valence-electron chi connectivity index (χ0n) is 20.7. The molecular formula is C31H29N3O3. The number of nitrogens with one attached hydrogen (secondary N) is 1. The van der Waals surface area contributed by atoms with Gasteiger partial charge in [-0.25, -0.2) is 0 Å². The predicted octanol–water partition coefficient (Wildman–Crippen LogP) is 4.97. The summed E-state index contributed by atoms with van der Waals surface area (Å²) in [4.78, 5) is 32.5. The van der Waals surface area contributed by atoms with E-state index < -0.39 is 0 Å². The van der Waals surface area contributed by atoms with Gasteiger partial charge in [-0.1, -0.05) is 30.3 Å². The van der Waals surface area contributed by atoms with Gasteiger partial charge in [-0.3, -0.25) is 14.6 Å². The first kappa shape index (κ1) is 23.2. The number of hydrogen-bond donors (Lipinski definition) is 1. The molecule has 186 valence electrons. The first-order chi connectivity index (χ1) is 18.1. The van der Waals surface area contributed by atoms with Gasteiger partial charge in [-0.15, -0.1) is 0 Å². The maximum atomic E-state index is 13.5. The molecule has 1 aliphatic heterocycles. The molecule has 1 N–H and O–H groups in total. The molecule has 1 fully saturated rings. The predicted molar refractivity (Wildman–Crippen MR) is 143 cm³/mol. The lowest BCUT2D eigenvalue weighted by molar-refractivity contribution is 0.0724. The largest absolute Gasteiger partial charge is 0.491 e. The third-order valence-corrected chi connectivity index (χ3v) is 7.14. The fourth-order valence-corrected chi connectivity index (χ4v) is 4.97. The van der Waals surface area contributed by atoms with Crippen LogP contribution < -0.4 is 10.1 Å². The Balaban J connectivity index is 1.29. The Kier molecular flexibility index (Phi) is 6.31. The van der Waals surface area contributed by atoms with Gasteiger partial charge in [0.05, 0.1) is 12.1 Å². The van der Waals surface area contributed by atoms with Crippen molar-refractivity contribution in [2.45, 2.75) is 25.2 Å². The van der Waals surface area contributed by atoms with Gasteiger partial charge in [0, 0.05) is 42.2 Å². The van der Waals surface area contributed by atoms with Crippen LogP contribution in [-0.4, -0.2) is 47.9 Å². The van der Waals surface area contributed by atoms with Gasteiger partial charge in [0.15, 0.2) is 0 Å². The zero-order chi connectivity index (χ0) is 25.2. The van der Waals surface area contributed by atoms with Crippen molar-refractivity contribution < 1.29 is 14.3 Å².